The fraction of sp³-hybridized carbons (Fsp3) is 0.0833. The maximum Gasteiger partial charge on any atom is 0.0922 e. The van der Waals surface area contributed by atoms with Gasteiger partial charge in [0.1, 0.15) is 0 Å². The molecule has 0 spiro atoms. The average molecular weight is 212 g/mol. The number of nitrogens with two attached hydrogens (primary N) is 1. The Morgan fingerprint density at radius 2 is 2.25 bits per heavy atom. The molecule has 0 aliphatic rings. The SMILES string of the molecule is Nc1ccc2ccn(Cc3cnc[nH]3)c2c1. The van der Waals surface area contributed by atoms with Crippen molar-refractivity contribution in [3.05, 3.63) is 48.7 Å². The molecule has 0 atom stereocenters. The number of anilines is 1. The maximum atomic E-state index is 5.79. The van der Waals surface area contributed by atoms with Crippen molar-refractivity contribution in [2.45, 2.75) is 6.54 Å². The number of nitrogens with one attached hydrogen (secondary N) is 1. The minimum Gasteiger partial charge on any atom is -0.399 e. The third-order valence-electron chi connectivity index (χ3n) is 2.69. The zero-order valence-electron chi connectivity index (χ0n) is 8.72. The van der Waals surface area contributed by atoms with E-state index in [1.54, 1.807) is 6.33 Å². The van der Waals surface area contributed by atoms with Gasteiger partial charge in [-0.05, 0) is 23.6 Å². The number of hydrogen-bond donors (Lipinski definition) is 2. The molecule has 4 heteroatoms. The summed E-state index contributed by atoms with van der Waals surface area (Å²) in [5, 5.41) is 1.20. The predicted octanol–water partition coefficient (Wildman–Crippen LogP) is 1.99. The molecule has 4 nitrogen and oxygen atoms in total. The number of benzene rings is 1. The number of nitrogen functional groups attached to an aromatic ring is 1. The zero-order chi connectivity index (χ0) is 11.0. The van der Waals surface area contributed by atoms with Crippen LogP contribution in [-0.4, -0.2) is 14.5 Å². The van der Waals surface area contributed by atoms with Crippen LogP contribution in [0.4, 0.5) is 5.69 Å². The fourth-order valence-electron chi connectivity index (χ4n) is 1.89. The summed E-state index contributed by atoms with van der Waals surface area (Å²) < 4.78 is 2.15. The lowest BCUT2D eigenvalue weighted by Crippen LogP contribution is -1.98. The Hall–Kier alpha value is -2.23. The van der Waals surface area contributed by atoms with E-state index in [0.717, 1.165) is 23.4 Å². The Bertz CT molecular complexity index is 607. The lowest BCUT2D eigenvalue weighted by Gasteiger charge is -2.03. The van der Waals surface area contributed by atoms with Crippen LogP contribution in [0.5, 0.6) is 0 Å². The second kappa shape index (κ2) is 3.41. The van der Waals surface area contributed by atoms with Crippen molar-refractivity contribution in [2.75, 3.05) is 5.73 Å². The monoisotopic (exact) mass is 212 g/mol. The molecule has 3 aromatic rings. The van der Waals surface area contributed by atoms with E-state index in [0.29, 0.717) is 0 Å². The summed E-state index contributed by atoms with van der Waals surface area (Å²) in [4.78, 5) is 7.10. The zero-order valence-corrected chi connectivity index (χ0v) is 8.72. The molecule has 0 amide bonds. The Kier molecular flexibility index (Phi) is 1.93. The van der Waals surface area contributed by atoms with Crippen LogP contribution in [0.1, 0.15) is 5.69 Å². The Morgan fingerprint density at radius 1 is 1.31 bits per heavy atom. The first-order chi connectivity index (χ1) is 7.83. The van der Waals surface area contributed by atoms with Crippen LogP contribution in [0.15, 0.2) is 43.0 Å². The van der Waals surface area contributed by atoms with Gasteiger partial charge in [0, 0.05) is 18.1 Å². The van der Waals surface area contributed by atoms with E-state index in [1.807, 2.05) is 24.4 Å². The molecule has 0 unspecified atom stereocenters. The van der Waals surface area contributed by atoms with Gasteiger partial charge in [0.25, 0.3) is 0 Å². The highest BCUT2D eigenvalue weighted by molar-refractivity contribution is 5.83. The minimum atomic E-state index is 0.785. The predicted molar refractivity (Wildman–Crippen MR) is 64.0 cm³/mol. The molecule has 0 saturated carbocycles. The average Bonchev–Trinajstić information content (AvgIpc) is 2.90. The summed E-state index contributed by atoms with van der Waals surface area (Å²) in [6, 6.07) is 8.04. The third-order valence-corrected chi connectivity index (χ3v) is 2.69. The molecule has 0 fully saturated rings. The summed E-state index contributed by atoms with van der Waals surface area (Å²) in [5.41, 5.74) is 8.81. The molecular weight excluding hydrogens is 200 g/mol. The van der Waals surface area contributed by atoms with Crippen LogP contribution in [0.25, 0.3) is 10.9 Å². The topological polar surface area (TPSA) is 59.6 Å². The number of aromatic nitrogens is 3. The number of imidazole rings is 1. The Balaban J connectivity index is 2.07. The molecule has 0 radical (unpaired) electrons. The van der Waals surface area contributed by atoms with E-state index < -0.39 is 0 Å². The number of nitrogens with zero attached hydrogens (tertiary/aromatic N) is 2. The number of aromatic amines is 1. The molecule has 0 bridgehead atoms. The number of rotatable bonds is 2. The molecule has 0 aliphatic heterocycles. The van der Waals surface area contributed by atoms with Gasteiger partial charge in [-0.1, -0.05) is 6.07 Å². The van der Waals surface area contributed by atoms with Crippen molar-refractivity contribution < 1.29 is 0 Å². The van der Waals surface area contributed by atoms with Gasteiger partial charge in [0.15, 0.2) is 0 Å². The van der Waals surface area contributed by atoms with Gasteiger partial charge >= 0.3 is 0 Å². The van der Waals surface area contributed by atoms with Crippen molar-refractivity contribution in [2.24, 2.45) is 0 Å². The molecule has 16 heavy (non-hydrogen) atoms. The van der Waals surface area contributed by atoms with E-state index in [1.165, 1.54) is 5.39 Å². The van der Waals surface area contributed by atoms with Crippen molar-refractivity contribution >= 4 is 16.6 Å². The first kappa shape index (κ1) is 9.03. The Labute approximate surface area is 92.7 Å². The summed E-state index contributed by atoms with van der Waals surface area (Å²) in [5.74, 6) is 0. The first-order valence-corrected chi connectivity index (χ1v) is 5.14. The number of H-pyrrole nitrogens is 1. The highest BCUT2D eigenvalue weighted by Crippen LogP contribution is 2.19. The van der Waals surface area contributed by atoms with E-state index in [2.05, 4.69) is 26.8 Å². The van der Waals surface area contributed by atoms with Gasteiger partial charge < -0.3 is 15.3 Å². The summed E-state index contributed by atoms with van der Waals surface area (Å²) in [6.07, 6.45) is 5.58. The summed E-state index contributed by atoms with van der Waals surface area (Å²) >= 11 is 0. The van der Waals surface area contributed by atoms with Crippen LogP contribution in [0.2, 0.25) is 0 Å². The maximum absolute atomic E-state index is 5.79. The fourth-order valence-corrected chi connectivity index (χ4v) is 1.89. The van der Waals surface area contributed by atoms with E-state index in [9.17, 15) is 0 Å². The highest BCUT2D eigenvalue weighted by Gasteiger charge is 2.02. The largest absolute Gasteiger partial charge is 0.399 e. The summed E-state index contributed by atoms with van der Waals surface area (Å²) in [7, 11) is 0. The van der Waals surface area contributed by atoms with E-state index in [4.69, 9.17) is 5.73 Å². The smallest absolute Gasteiger partial charge is 0.0922 e. The number of hydrogen-bond acceptors (Lipinski definition) is 2. The van der Waals surface area contributed by atoms with Gasteiger partial charge in [-0.25, -0.2) is 4.98 Å². The molecule has 3 N–H and O–H groups in total. The van der Waals surface area contributed by atoms with Crippen LogP contribution in [0, 0.1) is 0 Å². The minimum absolute atomic E-state index is 0.785. The Morgan fingerprint density at radius 3 is 3.06 bits per heavy atom. The summed E-state index contributed by atoms with van der Waals surface area (Å²) in [6.45, 7) is 0.785. The normalized spacial score (nSPS) is 11.0. The first-order valence-electron chi connectivity index (χ1n) is 5.14. The molecular formula is C12H12N4. The number of fused-ring (bicyclic) bond motifs is 1. The van der Waals surface area contributed by atoms with Crippen molar-refractivity contribution in [1.82, 2.24) is 14.5 Å². The molecule has 0 saturated heterocycles. The van der Waals surface area contributed by atoms with Gasteiger partial charge in [0.2, 0.25) is 0 Å². The lowest BCUT2D eigenvalue weighted by atomic mass is 10.2. The van der Waals surface area contributed by atoms with Crippen LogP contribution >= 0.6 is 0 Å². The van der Waals surface area contributed by atoms with Gasteiger partial charge in [-0.2, -0.15) is 0 Å². The van der Waals surface area contributed by atoms with Crippen molar-refractivity contribution in [3.8, 4) is 0 Å². The van der Waals surface area contributed by atoms with Crippen LogP contribution in [0.3, 0.4) is 0 Å². The van der Waals surface area contributed by atoms with Crippen LogP contribution in [-0.2, 0) is 6.54 Å². The van der Waals surface area contributed by atoms with Crippen molar-refractivity contribution in [1.29, 1.82) is 0 Å². The molecule has 3 rings (SSSR count). The van der Waals surface area contributed by atoms with Gasteiger partial charge in [-0.15, -0.1) is 0 Å². The lowest BCUT2D eigenvalue weighted by molar-refractivity contribution is 0.814. The molecule has 2 heterocycles. The van der Waals surface area contributed by atoms with Crippen LogP contribution < -0.4 is 5.73 Å². The third kappa shape index (κ3) is 1.44. The highest BCUT2D eigenvalue weighted by atomic mass is 15.0. The standard InChI is InChI=1S/C12H12N4/c13-10-2-1-9-3-4-16(12(9)5-10)7-11-6-14-8-15-11/h1-6,8H,7,13H2,(H,14,15). The quantitative estimate of drug-likeness (QED) is 0.638. The van der Waals surface area contributed by atoms with Crippen molar-refractivity contribution in [3.63, 3.8) is 0 Å². The molecule has 2 aromatic heterocycles. The molecule has 80 valence electrons. The second-order valence-electron chi connectivity index (χ2n) is 3.84. The van der Waals surface area contributed by atoms with E-state index >= 15 is 0 Å². The van der Waals surface area contributed by atoms with Gasteiger partial charge in [-0.3, -0.25) is 0 Å². The molecule has 0 aliphatic carbocycles. The molecule has 1 aromatic carbocycles. The van der Waals surface area contributed by atoms with E-state index in [-0.39, 0.29) is 0 Å². The second-order valence-corrected chi connectivity index (χ2v) is 3.84. The van der Waals surface area contributed by atoms with Gasteiger partial charge in [0.05, 0.1) is 24.1 Å².